The van der Waals surface area contributed by atoms with E-state index in [9.17, 15) is 14.7 Å². The van der Waals surface area contributed by atoms with Crippen LogP contribution in [0.3, 0.4) is 0 Å². The summed E-state index contributed by atoms with van der Waals surface area (Å²) in [5.74, 6) is -1.15. The molecule has 9 heteroatoms. The van der Waals surface area contributed by atoms with Crippen molar-refractivity contribution < 1.29 is 14.7 Å². The highest BCUT2D eigenvalue weighted by atomic mass is 35.5. The minimum Gasteiger partial charge on any atom is -0.394 e. The molecule has 0 saturated heterocycles. The fourth-order valence-corrected chi connectivity index (χ4v) is 2.95. The molecule has 3 rings (SSSR count). The average Bonchev–Trinajstić information content (AvgIpc) is 2.87. The molecule has 0 unspecified atom stereocenters. The molecule has 0 saturated carbocycles. The second-order valence-corrected chi connectivity index (χ2v) is 5.99. The number of nitrogens with zero attached hydrogens (tertiary/aromatic N) is 3. The first kappa shape index (κ1) is 16.6. The minimum absolute atomic E-state index is 0.0388. The summed E-state index contributed by atoms with van der Waals surface area (Å²) in [7, 11) is 0. The van der Waals surface area contributed by atoms with Crippen LogP contribution in [-0.4, -0.2) is 44.4 Å². The van der Waals surface area contributed by atoms with Crippen molar-refractivity contribution >= 4 is 35.0 Å². The maximum atomic E-state index is 12.6. The first-order valence-corrected chi connectivity index (χ1v) is 7.70. The number of aliphatic hydroxyl groups is 1. The van der Waals surface area contributed by atoms with Gasteiger partial charge in [0, 0.05) is 17.7 Å². The van der Waals surface area contributed by atoms with E-state index in [2.05, 4.69) is 9.97 Å². The second-order valence-electron chi connectivity index (χ2n) is 5.24. The van der Waals surface area contributed by atoms with Gasteiger partial charge in [0.1, 0.15) is 6.04 Å². The number of halogens is 2. The fourth-order valence-electron chi connectivity index (χ4n) is 2.61. The predicted octanol–water partition coefficient (Wildman–Crippen LogP) is 1.25. The summed E-state index contributed by atoms with van der Waals surface area (Å²) < 4.78 is 0. The normalized spacial score (nSPS) is 14.6. The van der Waals surface area contributed by atoms with Crippen LogP contribution in [0.5, 0.6) is 0 Å². The zero-order valence-corrected chi connectivity index (χ0v) is 13.8. The molecule has 2 amide bonds. The van der Waals surface area contributed by atoms with Gasteiger partial charge in [0.2, 0.25) is 11.2 Å². The molecule has 24 heavy (non-hydrogen) atoms. The lowest BCUT2D eigenvalue weighted by Crippen LogP contribution is -2.47. The number of carbonyl (C=O) groups excluding carboxylic acids is 2. The van der Waals surface area contributed by atoms with Gasteiger partial charge in [0.05, 0.1) is 23.5 Å². The lowest BCUT2D eigenvalue weighted by molar-refractivity contribution is -0.123. The van der Waals surface area contributed by atoms with Crippen molar-refractivity contribution in [3.8, 4) is 11.3 Å². The van der Waals surface area contributed by atoms with E-state index < -0.39 is 18.6 Å². The van der Waals surface area contributed by atoms with E-state index in [0.29, 0.717) is 21.8 Å². The highest BCUT2D eigenvalue weighted by Crippen LogP contribution is 2.32. The van der Waals surface area contributed by atoms with Crippen LogP contribution in [0.1, 0.15) is 15.9 Å². The summed E-state index contributed by atoms with van der Waals surface area (Å²) in [6, 6.07) is 4.05. The molecule has 1 aromatic heterocycles. The Morgan fingerprint density at radius 2 is 2.17 bits per heavy atom. The third-order valence-corrected chi connectivity index (χ3v) is 4.27. The molecule has 0 fully saturated rings. The Kier molecular flexibility index (Phi) is 4.40. The number of carbonyl (C=O) groups is 2. The monoisotopic (exact) mass is 366 g/mol. The summed E-state index contributed by atoms with van der Waals surface area (Å²) in [6.07, 6.45) is 1.38. The maximum absolute atomic E-state index is 12.6. The van der Waals surface area contributed by atoms with Gasteiger partial charge in [0.15, 0.2) is 0 Å². The minimum atomic E-state index is -1.06. The molecule has 2 heterocycles. The van der Waals surface area contributed by atoms with Gasteiger partial charge in [-0.15, -0.1) is 0 Å². The van der Waals surface area contributed by atoms with Gasteiger partial charge in [0.25, 0.3) is 5.91 Å². The van der Waals surface area contributed by atoms with Gasteiger partial charge in [-0.1, -0.05) is 23.7 Å². The molecule has 0 aliphatic carbocycles. The number of aliphatic hydroxyl groups excluding tert-OH is 1. The number of rotatable bonds is 4. The van der Waals surface area contributed by atoms with Gasteiger partial charge < -0.3 is 15.7 Å². The Bertz CT molecular complexity index is 843. The predicted molar refractivity (Wildman–Crippen MR) is 87.4 cm³/mol. The van der Waals surface area contributed by atoms with Crippen molar-refractivity contribution in [2.45, 2.75) is 12.6 Å². The highest BCUT2D eigenvalue weighted by molar-refractivity contribution is 6.33. The smallest absolute Gasteiger partial charge is 0.255 e. The Labute approximate surface area is 147 Å². The van der Waals surface area contributed by atoms with Gasteiger partial charge in [-0.05, 0) is 23.2 Å². The van der Waals surface area contributed by atoms with Crippen LogP contribution in [0.2, 0.25) is 10.3 Å². The quantitative estimate of drug-likeness (QED) is 0.791. The van der Waals surface area contributed by atoms with Crippen LogP contribution in [0.25, 0.3) is 11.3 Å². The summed E-state index contributed by atoms with van der Waals surface area (Å²) in [5, 5.41) is 9.65. The second kappa shape index (κ2) is 6.35. The van der Waals surface area contributed by atoms with Crippen molar-refractivity contribution in [1.82, 2.24) is 14.9 Å². The molecule has 1 aliphatic heterocycles. The fraction of sp³-hybridized carbons (Fsp3) is 0.200. The third kappa shape index (κ3) is 2.82. The van der Waals surface area contributed by atoms with Crippen molar-refractivity contribution in [3.63, 3.8) is 0 Å². The molecule has 1 aromatic carbocycles. The zero-order chi connectivity index (χ0) is 17.4. The van der Waals surface area contributed by atoms with Crippen LogP contribution in [0.4, 0.5) is 0 Å². The van der Waals surface area contributed by atoms with Crippen LogP contribution < -0.4 is 5.73 Å². The van der Waals surface area contributed by atoms with Crippen molar-refractivity contribution in [2.75, 3.05) is 6.61 Å². The highest BCUT2D eigenvalue weighted by Gasteiger charge is 2.35. The number of nitrogens with two attached hydrogens (primary N) is 1. The number of hydrogen-bond donors (Lipinski definition) is 2. The summed E-state index contributed by atoms with van der Waals surface area (Å²) in [4.78, 5) is 33.1. The average molecular weight is 367 g/mol. The molecular formula is C15H12Cl2N4O3. The molecule has 3 N–H and O–H groups in total. The Morgan fingerprint density at radius 1 is 1.42 bits per heavy atom. The Morgan fingerprint density at radius 3 is 2.83 bits per heavy atom. The van der Waals surface area contributed by atoms with E-state index in [-0.39, 0.29) is 17.7 Å². The number of primary amides is 1. The summed E-state index contributed by atoms with van der Waals surface area (Å²) >= 11 is 11.9. The van der Waals surface area contributed by atoms with Crippen LogP contribution in [-0.2, 0) is 11.3 Å². The molecule has 0 bridgehead atoms. The molecular weight excluding hydrogens is 355 g/mol. The largest absolute Gasteiger partial charge is 0.394 e. The lowest BCUT2D eigenvalue weighted by Gasteiger charge is -2.22. The third-order valence-electron chi connectivity index (χ3n) is 3.81. The number of fused-ring (bicyclic) bond motifs is 1. The van der Waals surface area contributed by atoms with E-state index in [1.54, 1.807) is 18.2 Å². The topological polar surface area (TPSA) is 109 Å². The van der Waals surface area contributed by atoms with E-state index in [4.69, 9.17) is 28.9 Å². The number of hydrogen-bond acceptors (Lipinski definition) is 5. The number of amides is 2. The molecule has 1 aliphatic rings. The van der Waals surface area contributed by atoms with Crippen LogP contribution in [0.15, 0.2) is 24.4 Å². The van der Waals surface area contributed by atoms with Crippen molar-refractivity contribution in [3.05, 3.63) is 45.8 Å². The van der Waals surface area contributed by atoms with Crippen LogP contribution in [0, 0.1) is 0 Å². The first-order valence-electron chi connectivity index (χ1n) is 6.95. The first-order chi connectivity index (χ1) is 11.4. The number of benzene rings is 1. The van der Waals surface area contributed by atoms with E-state index in [1.165, 1.54) is 11.1 Å². The molecule has 0 spiro atoms. The molecule has 124 valence electrons. The van der Waals surface area contributed by atoms with Crippen molar-refractivity contribution in [1.29, 1.82) is 0 Å². The van der Waals surface area contributed by atoms with Gasteiger partial charge in [-0.25, -0.2) is 9.97 Å². The van der Waals surface area contributed by atoms with Gasteiger partial charge in [-0.3, -0.25) is 9.59 Å². The summed E-state index contributed by atoms with van der Waals surface area (Å²) in [6.45, 7) is -0.337. The van der Waals surface area contributed by atoms with E-state index >= 15 is 0 Å². The van der Waals surface area contributed by atoms with Gasteiger partial charge >= 0.3 is 0 Å². The Balaban J connectivity index is 2.00. The molecule has 0 radical (unpaired) electrons. The standard InChI is InChI=1S/C15H12Cl2N4O3/c16-10-4-19-15(17)20-12(10)7-1-2-8-5-21(11(6-22)13(18)23)14(24)9(8)3-7/h1-4,11,22H,5-6H2,(H2,18,23)/t11-/m1/s1. The zero-order valence-electron chi connectivity index (χ0n) is 12.2. The SMILES string of the molecule is NC(=O)[C@@H](CO)N1Cc2ccc(-c3nc(Cl)ncc3Cl)cc2C1=O. The van der Waals surface area contributed by atoms with Gasteiger partial charge in [-0.2, -0.15) is 0 Å². The molecule has 1 atom stereocenters. The summed E-state index contributed by atoms with van der Waals surface area (Å²) in [5.41, 5.74) is 7.36. The maximum Gasteiger partial charge on any atom is 0.255 e. The lowest BCUT2D eigenvalue weighted by atomic mass is 10.0. The number of aromatic nitrogens is 2. The van der Waals surface area contributed by atoms with Crippen molar-refractivity contribution in [2.24, 2.45) is 5.73 Å². The molecule has 2 aromatic rings. The van der Waals surface area contributed by atoms with E-state index in [0.717, 1.165) is 5.56 Å². The van der Waals surface area contributed by atoms with Crippen LogP contribution >= 0.6 is 23.2 Å². The Hall–Kier alpha value is -2.22. The molecule has 7 nitrogen and oxygen atoms in total. The van der Waals surface area contributed by atoms with E-state index in [1.807, 2.05) is 0 Å².